The van der Waals surface area contributed by atoms with Crippen molar-refractivity contribution in [2.75, 3.05) is 7.11 Å². The first kappa shape index (κ1) is 12.0. The molecule has 2 rings (SSSR count). The third kappa shape index (κ3) is 2.14. The topological polar surface area (TPSA) is 46.5 Å². The van der Waals surface area contributed by atoms with Gasteiger partial charge in [0.1, 0.15) is 5.75 Å². The zero-order valence-electron chi connectivity index (χ0n) is 10.3. The molecule has 1 aromatic rings. The van der Waals surface area contributed by atoms with Crippen molar-refractivity contribution in [2.24, 2.45) is 0 Å². The van der Waals surface area contributed by atoms with E-state index in [9.17, 15) is 4.79 Å². The average molecular weight is 234 g/mol. The highest BCUT2D eigenvalue weighted by molar-refractivity contribution is 5.77. The summed E-state index contributed by atoms with van der Waals surface area (Å²) in [7, 11) is 1.63. The molecule has 1 unspecified atom stereocenters. The van der Waals surface area contributed by atoms with Crippen molar-refractivity contribution in [1.82, 2.24) is 0 Å². The molecule has 1 aliphatic carbocycles. The number of carboxylic acids is 1. The van der Waals surface area contributed by atoms with E-state index < -0.39 is 11.9 Å². The molecule has 0 fully saturated rings. The molecule has 0 spiro atoms. The quantitative estimate of drug-likeness (QED) is 0.874. The van der Waals surface area contributed by atoms with Crippen LogP contribution in [0.4, 0.5) is 0 Å². The molecule has 0 aliphatic heterocycles. The van der Waals surface area contributed by atoms with Crippen LogP contribution in [0.3, 0.4) is 0 Å². The maximum atomic E-state index is 11.1. The molecule has 3 heteroatoms. The molecule has 17 heavy (non-hydrogen) atoms. The van der Waals surface area contributed by atoms with Gasteiger partial charge in [0, 0.05) is 5.56 Å². The van der Waals surface area contributed by atoms with Crippen molar-refractivity contribution in [1.29, 1.82) is 0 Å². The van der Waals surface area contributed by atoms with Crippen LogP contribution in [-0.4, -0.2) is 18.2 Å². The molecule has 92 valence electrons. The minimum Gasteiger partial charge on any atom is -0.496 e. The molecular formula is C14H18O3. The lowest BCUT2D eigenvalue weighted by molar-refractivity contribution is -0.138. The Kier molecular flexibility index (Phi) is 3.36. The molecule has 0 saturated carbocycles. The Balaban J connectivity index is 2.50. The minimum atomic E-state index is -0.806. The van der Waals surface area contributed by atoms with E-state index in [0.717, 1.165) is 30.6 Å². The number of ether oxygens (including phenoxy) is 1. The van der Waals surface area contributed by atoms with Gasteiger partial charge in [-0.05, 0) is 43.7 Å². The molecule has 0 amide bonds. The van der Waals surface area contributed by atoms with Gasteiger partial charge in [0.25, 0.3) is 0 Å². The summed E-state index contributed by atoms with van der Waals surface area (Å²) in [6.45, 7) is 1.70. The smallest absolute Gasteiger partial charge is 0.310 e. The normalized spacial score (nSPS) is 16.1. The fraction of sp³-hybridized carbons (Fsp3) is 0.500. The number of aryl methyl sites for hydroxylation is 1. The van der Waals surface area contributed by atoms with Gasteiger partial charge in [0.15, 0.2) is 0 Å². The molecule has 1 atom stereocenters. The summed E-state index contributed by atoms with van der Waals surface area (Å²) in [4.78, 5) is 11.1. The summed E-state index contributed by atoms with van der Waals surface area (Å²) in [5.74, 6) is -0.534. The van der Waals surface area contributed by atoms with Crippen molar-refractivity contribution in [2.45, 2.75) is 38.5 Å². The van der Waals surface area contributed by atoms with Gasteiger partial charge in [-0.1, -0.05) is 12.1 Å². The predicted octanol–water partition coefficient (Wildman–Crippen LogP) is 2.76. The summed E-state index contributed by atoms with van der Waals surface area (Å²) in [5.41, 5.74) is 3.32. The number of hydrogen-bond donors (Lipinski definition) is 1. The van der Waals surface area contributed by atoms with Crippen LogP contribution in [0.5, 0.6) is 5.75 Å². The molecule has 1 aliphatic rings. The van der Waals surface area contributed by atoms with Crippen LogP contribution in [0.2, 0.25) is 0 Å². The molecule has 1 N–H and O–H groups in total. The largest absolute Gasteiger partial charge is 0.496 e. The summed E-state index contributed by atoms with van der Waals surface area (Å²) < 4.78 is 5.45. The monoisotopic (exact) mass is 234 g/mol. The van der Waals surface area contributed by atoms with Crippen LogP contribution in [-0.2, 0) is 17.6 Å². The molecule has 0 saturated heterocycles. The Hall–Kier alpha value is -1.51. The second-order valence-electron chi connectivity index (χ2n) is 4.59. The lowest BCUT2D eigenvalue weighted by Crippen LogP contribution is -2.12. The van der Waals surface area contributed by atoms with Gasteiger partial charge in [-0.25, -0.2) is 0 Å². The number of aliphatic carboxylic acids is 1. The number of methoxy groups -OCH3 is 1. The van der Waals surface area contributed by atoms with E-state index in [-0.39, 0.29) is 0 Å². The number of carbonyl (C=O) groups is 1. The molecule has 0 aromatic heterocycles. The maximum absolute atomic E-state index is 11.1. The maximum Gasteiger partial charge on any atom is 0.310 e. The first-order chi connectivity index (χ1) is 8.15. The minimum absolute atomic E-state index is 0.517. The number of rotatable bonds is 3. The van der Waals surface area contributed by atoms with E-state index in [4.69, 9.17) is 9.84 Å². The molecule has 0 heterocycles. The highest BCUT2D eigenvalue weighted by Gasteiger charge is 2.23. The Labute approximate surface area is 101 Å². The highest BCUT2D eigenvalue weighted by Crippen LogP contribution is 2.36. The van der Waals surface area contributed by atoms with Crippen molar-refractivity contribution in [3.63, 3.8) is 0 Å². The van der Waals surface area contributed by atoms with E-state index in [1.807, 2.05) is 6.07 Å². The molecule has 1 aromatic carbocycles. The predicted molar refractivity (Wildman–Crippen MR) is 65.7 cm³/mol. The molecule has 3 nitrogen and oxygen atoms in total. The Morgan fingerprint density at radius 3 is 2.71 bits per heavy atom. The summed E-state index contributed by atoms with van der Waals surface area (Å²) in [6.07, 6.45) is 4.45. The molecular weight excluding hydrogens is 216 g/mol. The third-order valence-electron chi connectivity index (χ3n) is 3.55. The third-order valence-corrected chi connectivity index (χ3v) is 3.55. The first-order valence-corrected chi connectivity index (χ1v) is 6.06. The number of carboxylic acid groups (broad SMARTS) is 1. The van der Waals surface area contributed by atoms with Crippen LogP contribution in [0.1, 0.15) is 42.4 Å². The van der Waals surface area contributed by atoms with Gasteiger partial charge >= 0.3 is 5.97 Å². The standard InChI is InChI=1S/C14H18O3/c1-9(14(15)16)11-8-7-10-5-3-4-6-12(10)13(11)17-2/h7-9H,3-6H2,1-2H3,(H,15,16). The van der Waals surface area contributed by atoms with E-state index in [1.165, 1.54) is 17.5 Å². The Morgan fingerprint density at radius 2 is 2.06 bits per heavy atom. The van der Waals surface area contributed by atoms with Crippen molar-refractivity contribution in [3.05, 3.63) is 28.8 Å². The Bertz CT molecular complexity index is 437. The molecule has 0 bridgehead atoms. The fourth-order valence-electron chi connectivity index (χ4n) is 2.53. The van der Waals surface area contributed by atoms with Crippen LogP contribution in [0.25, 0.3) is 0 Å². The van der Waals surface area contributed by atoms with Gasteiger partial charge in [-0.15, -0.1) is 0 Å². The van der Waals surface area contributed by atoms with Crippen LogP contribution >= 0.6 is 0 Å². The van der Waals surface area contributed by atoms with Gasteiger partial charge in [-0.2, -0.15) is 0 Å². The van der Waals surface area contributed by atoms with E-state index in [0.29, 0.717) is 0 Å². The highest BCUT2D eigenvalue weighted by atomic mass is 16.5. The second kappa shape index (κ2) is 4.78. The van der Waals surface area contributed by atoms with Gasteiger partial charge in [0.2, 0.25) is 0 Å². The van der Waals surface area contributed by atoms with Crippen LogP contribution in [0, 0.1) is 0 Å². The zero-order chi connectivity index (χ0) is 12.4. The van der Waals surface area contributed by atoms with E-state index >= 15 is 0 Å². The van der Waals surface area contributed by atoms with E-state index in [1.54, 1.807) is 14.0 Å². The van der Waals surface area contributed by atoms with Gasteiger partial charge in [-0.3, -0.25) is 4.79 Å². The summed E-state index contributed by atoms with van der Waals surface area (Å²) in [5, 5.41) is 9.10. The number of fused-ring (bicyclic) bond motifs is 1. The number of hydrogen-bond acceptors (Lipinski definition) is 2. The van der Waals surface area contributed by atoms with Gasteiger partial charge in [0.05, 0.1) is 13.0 Å². The Morgan fingerprint density at radius 1 is 1.35 bits per heavy atom. The fourth-order valence-corrected chi connectivity index (χ4v) is 2.53. The second-order valence-corrected chi connectivity index (χ2v) is 4.59. The first-order valence-electron chi connectivity index (χ1n) is 6.06. The number of benzene rings is 1. The lowest BCUT2D eigenvalue weighted by atomic mass is 9.86. The zero-order valence-corrected chi connectivity index (χ0v) is 10.3. The van der Waals surface area contributed by atoms with Crippen LogP contribution in [0.15, 0.2) is 12.1 Å². The van der Waals surface area contributed by atoms with Crippen molar-refractivity contribution in [3.8, 4) is 5.75 Å². The van der Waals surface area contributed by atoms with Crippen molar-refractivity contribution < 1.29 is 14.6 Å². The molecule has 0 radical (unpaired) electrons. The summed E-state index contributed by atoms with van der Waals surface area (Å²) in [6, 6.07) is 3.97. The van der Waals surface area contributed by atoms with E-state index in [2.05, 4.69) is 6.07 Å². The average Bonchev–Trinajstić information content (AvgIpc) is 2.36. The lowest BCUT2D eigenvalue weighted by Gasteiger charge is -2.22. The SMILES string of the molecule is COc1c(C(C)C(=O)O)ccc2c1CCCC2. The van der Waals surface area contributed by atoms with Gasteiger partial charge < -0.3 is 9.84 Å². The van der Waals surface area contributed by atoms with Crippen molar-refractivity contribution >= 4 is 5.97 Å². The summed E-state index contributed by atoms with van der Waals surface area (Å²) >= 11 is 0. The van der Waals surface area contributed by atoms with Crippen LogP contribution < -0.4 is 4.74 Å².